The minimum atomic E-state index is -0.484. The molecule has 2 aromatic carbocycles. The molecule has 0 aliphatic rings. The molecular weight excluding hydrogens is 304 g/mol. The van der Waals surface area contributed by atoms with Gasteiger partial charge < -0.3 is 0 Å². The van der Waals surface area contributed by atoms with Crippen LogP contribution in [0.4, 0.5) is 0 Å². The third-order valence-corrected chi connectivity index (χ3v) is 3.54. The van der Waals surface area contributed by atoms with Crippen LogP contribution in [0.3, 0.4) is 0 Å². The van der Waals surface area contributed by atoms with Gasteiger partial charge in [-0.3, -0.25) is 9.59 Å². The summed E-state index contributed by atoms with van der Waals surface area (Å²) >= 11 is 3.31. The molecule has 0 fully saturated rings. The van der Waals surface area contributed by atoms with Crippen LogP contribution < -0.4 is 0 Å². The van der Waals surface area contributed by atoms with Crippen LogP contribution in [-0.2, 0) is 0 Å². The van der Waals surface area contributed by atoms with E-state index in [0.717, 1.165) is 0 Å². The molecule has 0 saturated heterocycles. The monoisotopic (exact) mass is 316 g/mol. The molecule has 96 valence electrons. The summed E-state index contributed by atoms with van der Waals surface area (Å²) in [4.78, 5) is 23.6. The maximum Gasteiger partial charge on any atom is 0.176 e. The Morgan fingerprint density at radius 3 is 1.84 bits per heavy atom. The highest BCUT2D eigenvalue weighted by atomic mass is 79.9. The highest BCUT2D eigenvalue weighted by molar-refractivity contribution is 9.10. The number of hydrogen-bond acceptors (Lipinski definition) is 2. The van der Waals surface area contributed by atoms with E-state index in [2.05, 4.69) is 15.9 Å². The average Bonchev–Trinajstić information content (AvgIpc) is 2.48. The summed E-state index contributed by atoms with van der Waals surface area (Å²) < 4.78 is 0. The van der Waals surface area contributed by atoms with Gasteiger partial charge in [0.2, 0.25) is 0 Å². The third kappa shape index (κ3) is 3.61. The molecule has 2 nitrogen and oxygen atoms in total. The maximum atomic E-state index is 12.1. The number of ketones is 2. The van der Waals surface area contributed by atoms with Gasteiger partial charge in [-0.15, -0.1) is 0 Å². The lowest BCUT2D eigenvalue weighted by molar-refractivity contribution is 0.0926. The fraction of sp³-hybridized carbons (Fsp3) is 0.125. The van der Waals surface area contributed by atoms with Crippen LogP contribution in [0, 0.1) is 0 Å². The van der Waals surface area contributed by atoms with Crippen molar-refractivity contribution in [1.82, 2.24) is 0 Å². The Bertz CT molecular complexity index is 564. The Hall–Kier alpha value is -1.74. The third-order valence-electron chi connectivity index (χ3n) is 2.80. The molecule has 0 amide bonds. The number of halogens is 1. The van der Waals surface area contributed by atoms with E-state index in [9.17, 15) is 9.59 Å². The van der Waals surface area contributed by atoms with Gasteiger partial charge >= 0.3 is 0 Å². The van der Waals surface area contributed by atoms with Gasteiger partial charge in [0, 0.05) is 17.5 Å². The first-order chi connectivity index (χ1) is 9.18. The quantitative estimate of drug-likeness (QED) is 0.619. The lowest BCUT2D eigenvalue weighted by Gasteiger charge is -2.08. The zero-order valence-electron chi connectivity index (χ0n) is 10.3. The predicted octanol–water partition coefficient (Wildman–Crippen LogP) is 3.91. The van der Waals surface area contributed by atoms with Crippen LogP contribution in [0.15, 0.2) is 60.7 Å². The molecule has 0 heterocycles. The van der Waals surface area contributed by atoms with E-state index in [1.165, 1.54) is 0 Å². The Morgan fingerprint density at radius 1 is 0.842 bits per heavy atom. The lowest BCUT2D eigenvalue weighted by atomic mass is 10.0. The van der Waals surface area contributed by atoms with Crippen molar-refractivity contribution in [1.29, 1.82) is 0 Å². The van der Waals surface area contributed by atoms with Crippen LogP contribution in [0.5, 0.6) is 0 Å². The summed E-state index contributed by atoms with van der Waals surface area (Å²) in [6, 6.07) is 18.0. The molecule has 1 atom stereocenters. The number of rotatable bonds is 5. The summed E-state index contributed by atoms with van der Waals surface area (Å²) in [5.41, 5.74) is 1.25. The van der Waals surface area contributed by atoms with Crippen molar-refractivity contribution in [2.24, 2.45) is 0 Å². The van der Waals surface area contributed by atoms with Gasteiger partial charge in [-0.1, -0.05) is 76.6 Å². The van der Waals surface area contributed by atoms with Gasteiger partial charge in [0.05, 0.1) is 4.83 Å². The van der Waals surface area contributed by atoms with Crippen molar-refractivity contribution < 1.29 is 9.59 Å². The minimum Gasteiger partial charge on any atom is -0.294 e. The fourth-order valence-electron chi connectivity index (χ4n) is 1.78. The first-order valence-electron chi connectivity index (χ1n) is 6.00. The predicted molar refractivity (Wildman–Crippen MR) is 78.9 cm³/mol. The second-order valence-corrected chi connectivity index (χ2v) is 5.30. The van der Waals surface area contributed by atoms with Crippen molar-refractivity contribution in [2.45, 2.75) is 11.2 Å². The molecule has 2 aromatic rings. The van der Waals surface area contributed by atoms with Gasteiger partial charge in [0.15, 0.2) is 11.6 Å². The van der Waals surface area contributed by atoms with Crippen LogP contribution in [0.25, 0.3) is 0 Å². The number of carbonyl (C=O) groups excluding carboxylic acids is 2. The molecule has 19 heavy (non-hydrogen) atoms. The smallest absolute Gasteiger partial charge is 0.176 e. The second kappa shape index (κ2) is 6.43. The van der Waals surface area contributed by atoms with E-state index in [1.54, 1.807) is 24.3 Å². The van der Waals surface area contributed by atoms with E-state index < -0.39 is 4.83 Å². The molecule has 0 spiro atoms. The van der Waals surface area contributed by atoms with Gasteiger partial charge in [0.1, 0.15) is 0 Å². The maximum absolute atomic E-state index is 12.1. The van der Waals surface area contributed by atoms with Crippen molar-refractivity contribution in [3.8, 4) is 0 Å². The van der Waals surface area contributed by atoms with E-state index in [4.69, 9.17) is 0 Å². The zero-order valence-corrected chi connectivity index (χ0v) is 11.8. The largest absolute Gasteiger partial charge is 0.294 e. The van der Waals surface area contributed by atoms with Gasteiger partial charge in [-0.2, -0.15) is 0 Å². The highest BCUT2D eigenvalue weighted by Crippen LogP contribution is 2.16. The van der Waals surface area contributed by atoms with Crippen molar-refractivity contribution in [3.63, 3.8) is 0 Å². The highest BCUT2D eigenvalue weighted by Gasteiger charge is 2.20. The normalized spacial score (nSPS) is 11.8. The molecule has 3 heteroatoms. The molecule has 0 saturated carbocycles. The van der Waals surface area contributed by atoms with E-state index >= 15 is 0 Å². The second-order valence-electron chi connectivity index (χ2n) is 4.19. The molecule has 0 unspecified atom stereocenters. The molecule has 0 aliphatic heterocycles. The van der Waals surface area contributed by atoms with E-state index in [0.29, 0.717) is 11.1 Å². The zero-order chi connectivity index (χ0) is 13.7. The standard InChI is InChI=1S/C16H13BrO2/c17-14(16(19)13-9-5-2-6-10-13)11-15(18)12-7-3-1-4-8-12/h1-10,14H,11H2/t14-/m0/s1. The summed E-state index contributed by atoms with van der Waals surface area (Å²) in [5.74, 6) is -0.100. The number of hydrogen-bond donors (Lipinski definition) is 0. The molecule has 2 rings (SSSR count). The number of alkyl halides is 1. The lowest BCUT2D eigenvalue weighted by Crippen LogP contribution is -2.18. The van der Waals surface area contributed by atoms with Gasteiger partial charge in [-0.05, 0) is 0 Å². The van der Waals surface area contributed by atoms with Gasteiger partial charge in [-0.25, -0.2) is 0 Å². The number of Topliss-reactive ketones (excluding diaryl/α,β-unsaturated/α-hetero) is 2. The summed E-state index contributed by atoms with van der Waals surface area (Å²) in [7, 11) is 0. The molecule has 0 bridgehead atoms. The van der Waals surface area contributed by atoms with E-state index in [-0.39, 0.29) is 18.0 Å². The fourth-order valence-corrected chi connectivity index (χ4v) is 2.34. The molecule has 0 N–H and O–H groups in total. The van der Waals surface area contributed by atoms with Crippen molar-refractivity contribution in [2.75, 3.05) is 0 Å². The number of carbonyl (C=O) groups is 2. The van der Waals surface area contributed by atoms with Crippen LogP contribution >= 0.6 is 15.9 Å². The molecule has 0 aliphatic carbocycles. The first-order valence-corrected chi connectivity index (χ1v) is 6.91. The van der Waals surface area contributed by atoms with E-state index in [1.807, 2.05) is 36.4 Å². The average molecular weight is 317 g/mol. The van der Waals surface area contributed by atoms with Gasteiger partial charge in [0.25, 0.3) is 0 Å². The van der Waals surface area contributed by atoms with Crippen molar-refractivity contribution in [3.05, 3.63) is 71.8 Å². The minimum absolute atomic E-state index is 0.0354. The van der Waals surface area contributed by atoms with Crippen LogP contribution in [-0.4, -0.2) is 16.4 Å². The number of benzene rings is 2. The molecular formula is C16H13BrO2. The Labute approximate surface area is 120 Å². The Kier molecular flexibility index (Phi) is 4.63. The van der Waals surface area contributed by atoms with Crippen LogP contribution in [0.2, 0.25) is 0 Å². The summed E-state index contributed by atoms with van der Waals surface area (Å²) in [5, 5.41) is 0. The molecule has 0 aromatic heterocycles. The summed E-state index contributed by atoms with van der Waals surface area (Å²) in [6.45, 7) is 0. The first kappa shape index (κ1) is 13.7. The van der Waals surface area contributed by atoms with Crippen LogP contribution in [0.1, 0.15) is 27.1 Å². The Morgan fingerprint density at radius 2 is 1.32 bits per heavy atom. The van der Waals surface area contributed by atoms with Crippen molar-refractivity contribution >= 4 is 27.5 Å². The molecule has 0 radical (unpaired) electrons. The SMILES string of the molecule is O=C(C[C@H](Br)C(=O)c1ccccc1)c1ccccc1. The Balaban J connectivity index is 2.04. The topological polar surface area (TPSA) is 34.1 Å². The summed E-state index contributed by atoms with van der Waals surface area (Å²) in [6.07, 6.45) is 0.164.